The lowest BCUT2D eigenvalue weighted by molar-refractivity contribution is 0.0642. The SMILES string of the molecule is ClC1=C(Cl)C2(Cl)C3C(C4(Cl)C(Cl)=C(Cl)C3(Cl)C4(Cl)Cl)C2(Cl)C1(Cl)Cl. The molecule has 0 amide bonds. The summed E-state index contributed by atoms with van der Waals surface area (Å²) in [4.78, 5) is -6.55. The molecule has 0 aromatic carbocycles. The van der Waals surface area contributed by atoms with E-state index in [2.05, 4.69) is 0 Å². The first-order valence-electron chi connectivity index (χ1n) is 6.26. The van der Waals surface area contributed by atoms with E-state index < -0.39 is 40.0 Å². The molecule has 4 aliphatic carbocycles. The van der Waals surface area contributed by atoms with Gasteiger partial charge in [0.1, 0.15) is 19.5 Å². The summed E-state index contributed by atoms with van der Waals surface area (Å²) in [7, 11) is 0. The second-order valence-corrected chi connectivity index (χ2v) is 12.8. The van der Waals surface area contributed by atoms with Crippen molar-refractivity contribution < 1.29 is 0 Å². The summed E-state index contributed by atoms with van der Waals surface area (Å²) >= 11 is 78.3. The zero-order valence-electron chi connectivity index (χ0n) is 10.7. The molecule has 0 aromatic heterocycles. The minimum absolute atomic E-state index is 0.0203. The zero-order valence-corrected chi connectivity index (χ0v) is 19.8. The van der Waals surface area contributed by atoms with Crippen LogP contribution in [0.4, 0.5) is 0 Å². The Morgan fingerprint density at radius 1 is 0.500 bits per heavy atom. The van der Waals surface area contributed by atoms with Crippen molar-refractivity contribution >= 4 is 139 Å². The molecular weight excluding hydrogens is 570 g/mol. The molecule has 0 nitrogen and oxygen atoms in total. The van der Waals surface area contributed by atoms with Crippen LogP contribution < -0.4 is 0 Å². The van der Waals surface area contributed by atoms with E-state index in [4.69, 9.17) is 139 Å². The quantitative estimate of drug-likeness (QED) is 0.259. The molecule has 0 heterocycles. The maximum absolute atomic E-state index is 6.82. The molecule has 2 saturated carbocycles. The van der Waals surface area contributed by atoms with Crippen LogP contribution in [0.5, 0.6) is 0 Å². The molecule has 6 atom stereocenters. The van der Waals surface area contributed by atoms with Crippen LogP contribution in [0.1, 0.15) is 0 Å². The van der Waals surface area contributed by atoms with E-state index in [9.17, 15) is 0 Å². The average molecular weight is 572 g/mol. The van der Waals surface area contributed by atoms with Crippen LogP contribution in [0, 0.1) is 11.8 Å². The van der Waals surface area contributed by atoms with E-state index in [1.807, 2.05) is 0 Å². The topological polar surface area (TPSA) is 0 Å². The van der Waals surface area contributed by atoms with Crippen molar-refractivity contribution in [2.75, 3.05) is 0 Å². The minimum atomic E-state index is -1.86. The third-order valence-corrected chi connectivity index (χ3v) is 14.0. The van der Waals surface area contributed by atoms with E-state index in [1.165, 1.54) is 0 Å². The Labute approximate surface area is 197 Å². The summed E-state index contributed by atoms with van der Waals surface area (Å²) in [5, 5.41) is -0.222. The first kappa shape index (κ1) is 20.2. The van der Waals surface area contributed by atoms with Gasteiger partial charge in [-0.2, -0.15) is 0 Å². The second kappa shape index (κ2) is 4.98. The highest BCUT2D eigenvalue weighted by Crippen LogP contribution is 2.91. The molecule has 0 N–H and O–H groups in total. The molecule has 6 unspecified atom stereocenters. The van der Waals surface area contributed by atoms with Gasteiger partial charge in [-0.15, -0.1) is 46.4 Å². The smallest absolute Gasteiger partial charge is 0.113 e. The van der Waals surface area contributed by atoms with Gasteiger partial charge >= 0.3 is 0 Å². The lowest BCUT2D eigenvalue weighted by Gasteiger charge is -2.65. The van der Waals surface area contributed by atoms with Gasteiger partial charge in [0, 0.05) is 11.8 Å². The monoisotopic (exact) mass is 566 g/mol. The van der Waals surface area contributed by atoms with Gasteiger partial charge < -0.3 is 0 Å². The van der Waals surface area contributed by atoms with Crippen LogP contribution in [0.3, 0.4) is 0 Å². The molecule has 4 rings (SSSR count). The molecule has 2 fully saturated rings. The number of rotatable bonds is 0. The summed E-state index contributed by atoms with van der Waals surface area (Å²) in [6, 6.07) is 0. The summed E-state index contributed by atoms with van der Waals surface area (Å²) < 4.78 is -3.70. The Kier molecular flexibility index (Phi) is 4.20. The fourth-order valence-electron chi connectivity index (χ4n) is 4.52. The summed E-state index contributed by atoms with van der Waals surface area (Å²) in [6.45, 7) is 0. The fraction of sp³-hybridized carbons (Fsp3) is 0.667. The normalized spacial score (nSPS) is 56.5. The van der Waals surface area contributed by atoms with Gasteiger partial charge in [0.2, 0.25) is 0 Å². The third kappa shape index (κ3) is 1.46. The molecule has 0 aliphatic heterocycles. The number of allylic oxidation sites excluding steroid dienone is 4. The van der Waals surface area contributed by atoms with Crippen molar-refractivity contribution in [1.29, 1.82) is 0 Å². The highest BCUT2D eigenvalue weighted by molar-refractivity contribution is 6.70. The molecule has 12 heteroatoms. The molecular formula is C12H2Cl12. The van der Waals surface area contributed by atoms with E-state index >= 15 is 0 Å². The molecule has 4 aliphatic rings. The van der Waals surface area contributed by atoms with Crippen molar-refractivity contribution in [3.05, 3.63) is 20.1 Å². The van der Waals surface area contributed by atoms with Gasteiger partial charge in [0.25, 0.3) is 0 Å². The van der Waals surface area contributed by atoms with Gasteiger partial charge in [-0.25, -0.2) is 0 Å². The van der Waals surface area contributed by atoms with Crippen LogP contribution in [-0.4, -0.2) is 28.2 Å². The van der Waals surface area contributed by atoms with Crippen molar-refractivity contribution in [3.63, 3.8) is 0 Å². The fourth-order valence-corrected chi connectivity index (χ4v) is 10.7. The Bertz CT molecular complexity index is 768. The Morgan fingerprint density at radius 2 is 0.875 bits per heavy atom. The number of alkyl halides is 8. The minimum Gasteiger partial charge on any atom is -0.113 e. The lowest BCUT2D eigenvalue weighted by Crippen LogP contribution is -2.78. The van der Waals surface area contributed by atoms with Crippen molar-refractivity contribution in [1.82, 2.24) is 0 Å². The lowest BCUT2D eigenvalue weighted by atomic mass is 9.52. The van der Waals surface area contributed by atoms with E-state index in [1.54, 1.807) is 0 Å². The summed E-state index contributed by atoms with van der Waals surface area (Å²) in [5.74, 6) is -1.66. The highest BCUT2D eigenvalue weighted by atomic mass is 35.5. The first-order chi connectivity index (χ1) is 10.6. The largest absolute Gasteiger partial charge is 0.176 e. The number of fused-ring (bicyclic) bond motifs is 8. The van der Waals surface area contributed by atoms with Gasteiger partial charge in [0.15, 0.2) is 8.67 Å². The van der Waals surface area contributed by atoms with Crippen molar-refractivity contribution in [2.45, 2.75) is 28.2 Å². The van der Waals surface area contributed by atoms with E-state index in [-0.39, 0.29) is 20.1 Å². The molecule has 134 valence electrons. The van der Waals surface area contributed by atoms with Crippen LogP contribution in [0.2, 0.25) is 0 Å². The zero-order chi connectivity index (χ0) is 18.5. The van der Waals surface area contributed by atoms with Crippen LogP contribution in [-0.2, 0) is 0 Å². The Morgan fingerprint density at radius 3 is 1.33 bits per heavy atom. The molecule has 0 radical (unpaired) electrons. The van der Waals surface area contributed by atoms with Gasteiger partial charge in [0.05, 0.1) is 20.1 Å². The number of hydrogen-bond acceptors (Lipinski definition) is 0. The molecule has 0 spiro atoms. The Balaban J connectivity index is 2.09. The average Bonchev–Trinajstić information content (AvgIpc) is 2.73. The number of halogens is 12. The standard InChI is InChI=1S/C12H2Cl12/c13-3-4(14)9(19)2-1(8(3,18)12(9,23)24)7(17)5(15)6(16)11(21,22)10(2,7)20/h1-2H. The Hall–Kier alpha value is 2.96. The van der Waals surface area contributed by atoms with Gasteiger partial charge in [-0.3, -0.25) is 0 Å². The van der Waals surface area contributed by atoms with Crippen LogP contribution in [0.15, 0.2) is 20.1 Å². The van der Waals surface area contributed by atoms with Crippen LogP contribution >= 0.6 is 139 Å². The molecule has 2 bridgehead atoms. The van der Waals surface area contributed by atoms with Gasteiger partial charge in [-0.1, -0.05) is 92.8 Å². The second-order valence-electron chi connectivity index (χ2n) is 6.21. The summed E-state index contributed by atoms with van der Waals surface area (Å²) in [5.41, 5.74) is 0. The van der Waals surface area contributed by atoms with Crippen LogP contribution in [0.25, 0.3) is 0 Å². The van der Waals surface area contributed by atoms with Crippen molar-refractivity contribution in [2.24, 2.45) is 11.8 Å². The maximum atomic E-state index is 6.82. The molecule has 0 saturated heterocycles. The summed E-state index contributed by atoms with van der Waals surface area (Å²) in [6.07, 6.45) is 0. The molecule has 0 aromatic rings. The predicted octanol–water partition coefficient (Wildman–Crippen LogP) is 7.91. The van der Waals surface area contributed by atoms with E-state index in [0.29, 0.717) is 0 Å². The predicted molar refractivity (Wildman–Crippen MR) is 108 cm³/mol. The van der Waals surface area contributed by atoms with Crippen molar-refractivity contribution in [3.8, 4) is 0 Å². The molecule has 24 heavy (non-hydrogen) atoms. The maximum Gasteiger partial charge on any atom is 0.176 e. The first-order valence-corrected chi connectivity index (χ1v) is 10.8. The highest BCUT2D eigenvalue weighted by Gasteiger charge is 2.99. The third-order valence-electron chi connectivity index (χ3n) is 5.57. The van der Waals surface area contributed by atoms with Gasteiger partial charge in [-0.05, 0) is 0 Å². The van der Waals surface area contributed by atoms with E-state index in [0.717, 1.165) is 0 Å². The number of hydrogen-bond donors (Lipinski definition) is 0.